The summed E-state index contributed by atoms with van der Waals surface area (Å²) in [6.07, 6.45) is 5.06. The van der Waals surface area contributed by atoms with Gasteiger partial charge in [0, 0.05) is 6.42 Å². The SMILES string of the molecule is COC(=O)C(C)(N)CC(C)Oc1ccc2c(c1)CCCC2. The molecule has 0 aliphatic heterocycles. The van der Waals surface area contributed by atoms with Gasteiger partial charge in [0.25, 0.3) is 0 Å². The molecule has 2 atom stereocenters. The van der Waals surface area contributed by atoms with Gasteiger partial charge >= 0.3 is 5.97 Å². The molecule has 1 aliphatic rings. The number of rotatable bonds is 5. The number of hydrogen-bond donors (Lipinski definition) is 1. The maximum Gasteiger partial charge on any atom is 0.325 e. The summed E-state index contributed by atoms with van der Waals surface area (Å²) in [4.78, 5) is 11.6. The van der Waals surface area contributed by atoms with E-state index in [1.54, 1.807) is 6.92 Å². The molecule has 21 heavy (non-hydrogen) atoms. The second kappa shape index (κ2) is 6.48. The summed E-state index contributed by atoms with van der Waals surface area (Å²) in [5.41, 5.74) is 7.77. The number of aryl methyl sites for hydroxylation is 2. The fraction of sp³-hybridized carbons (Fsp3) is 0.588. The van der Waals surface area contributed by atoms with Gasteiger partial charge < -0.3 is 15.2 Å². The number of carbonyl (C=O) groups excluding carboxylic acids is 1. The van der Waals surface area contributed by atoms with E-state index < -0.39 is 11.5 Å². The van der Waals surface area contributed by atoms with Crippen LogP contribution in [0.15, 0.2) is 18.2 Å². The van der Waals surface area contributed by atoms with Crippen LogP contribution in [0.5, 0.6) is 5.75 Å². The Hall–Kier alpha value is -1.55. The zero-order chi connectivity index (χ0) is 15.5. The molecule has 0 aromatic heterocycles. The Morgan fingerprint density at radius 2 is 2.00 bits per heavy atom. The van der Waals surface area contributed by atoms with E-state index in [9.17, 15) is 4.79 Å². The molecular formula is C17H25NO3. The molecule has 0 saturated heterocycles. The molecule has 0 amide bonds. The monoisotopic (exact) mass is 291 g/mol. The second-order valence-corrected chi connectivity index (χ2v) is 6.18. The summed E-state index contributed by atoms with van der Waals surface area (Å²) in [6.45, 7) is 3.60. The largest absolute Gasteiger partial charge is 0.491 e. The van der Waals surface area contributed by atoms with Crippen LogP contribution in [0.1, 0.15) is 44.2 Å². The first-order valence-corrected chi connectivity index (χ1v) is 7.58. The Kier molecular flexibility index (Phi) is 4.88. The van der Waals surface area contributed by atoms with E-state index in [2.05, 4.69) is 12.1 Å². The van der Waals surface area contributed by atoms with Gasteiger partial charge in [-0.25, -0.2) is 0 Å². The summed E-state index contributed by atoms with van der Waals surface area (Å²) < 4.78 is 10.6. The van der Waals surface area contributed by atoms with E-state index >= 15 is 0 Å². The fourth-order valence-corrected chi connectivity index (χ4v) is 2.97. The van der Waals surface area contributed by atoms with Crippen LogP contribution in [0.3, 0.4) is 0 Å². The van der Waals surface area contributed by atoms with Gasteiger partial charge in [-0.3, -0.25) is 4.79 Å². The molecule has 1 aromatic rings. The first kappa shape index (κ1) is 15.8. The lowest BCUT2D eigenvalue weighted by molar-refractivity contribution is -0.147. The van der Waals surface area contributed by atoms with Gasteiger partial charge in [-0.1, -0.05) is 6.07 Å². The highest BCUT2D eigenvalue weighted by molar-refractivity contribution is 5.79. The Bertz CT molecular complexity index is 511. The van der Waals surface area contributed by atoms with Crippen LogP contribution < -0.4 is 10.5 Å². The number of methoxy groups -OCH3 is 1. The summed E-state index contributed by atoms with van der Waals surface area (Å²) in [7, 11) is 1.35. The maximum absolute atomic E-state index is 11.6. The Morgan fingerprint density at radius 3 is 2.67 bits per heavy atom. The molecule has 4 nitrogen and oxygen atoms in total. The predicted octanol–water partition coefficient (Wildman–Crippen LogP) is 2.61. The van der Waals surface area contributed by atoms with Gasteiger partial charge in [-0.15, -0.1) is 0 Å². The van der Waals surface area contributed by atoms with Crippen LogP contribution in [0.2, 0.25) is 0 Å². The molecule has 0 bridgehead atoms. The number of hydrogen-bond acceptors (Lipinski definition) is 4. The van der Waals surface area contributed by atoms with Crippen molar-refractivity contribution in [1.29, 1.82) is 0 Å². The number of ether oxygens (including phenoxy) is 2. The third-order valence-corrected chi connectivity index (χ3v) is 4.02. The van der Waals surface area contributed by atoms with Crippen molar-refractivity contribution in [3.8, 4) is 5.75 Å². The first-order valence-electron chi connectivity index (χ1n) is 7.58. The van der Waals surface area contributed by atoms with Gasteiger partial charge in [0.15, 0.2) is 0 Å². The minimum absolute atomic E-state index is 0.152. The third kappa shape index (κ3) is 3.97. The van der Waals surface area contributed by atoms with Crippen LogP contribution >= 0.6 is 0 Å². The lowest BCUT2D eigenvalue weighted by Crippen LogP contribution is -2.48. The van der Waals surface area contributed by atoms with E-state index in [4.69, 9.17) is 15.2 Å². The van der Waals surface area contributed by atoms with Crippen molar-refractivity contribution in [2.24, 2.45) is 5.73 Å². The molecule has 2 N–H and O–H groups in total. The topological polar surface area (TPSA) is 61.5 Å². The average Bonchev–Trinajstić information content (AvgIpc) is 2.45. The van der Waals surface area contributed by atoms with Gasteiger partial charge in [-0.05, 0) is 62.8 Å². The van der Waals surface area contributed by atoms with Crippen molar-refractivity contribution in [3.63, 3.8) is 0 Å². The molecule has 0 radical (unpaired) electrons. The summed E-state index contributed by atoms with van der Waals surface area (Å²) in [5, 5.41) is 0. The Morgan fingerprint density at radius 1 is 1.33 bits per heavy atom. The molecule has 1 aliphatic carbocycles. The molecule has 2 rings (SSSR count). The van der Waals surface area contributed by atoms with Crippen molar-refractivity contribution < 1.29 is 14.3 Å². The number of benzene rings is 1. The Balaban J connectivity index is 1.99. The van der Waals surface area contributed by atoms with Crippen LogP contribution in [-0.4, -0.2) is 24.7 Å². The van der Waals surface area contributed by atoms with Crippen LogP contribution in [0, 0.1) is 0 Å². The van der Waals surface area contributed by atoms with E-state index in [-0.39, 0.29) is 6.10 Å². The average molecular weight is 291 g/mol. The second-order valence-electron chi connectivity index (χ2n) is 6.18. The van der Waals surface area contributed by atoms with Crippen molar-refractivity contribution in [1.82, 2.24) is 0 Å². The van der Waals surface area contributed by atoms with Gasteiger partial charge in [0.1, 0.15) is 11.3 Å². The van der Waals surface area contributed by atoms with E-state index in [1.165, 1.54) is 31.1 Å². The normalized spacial score (nSPS) is 18.3. The van der Waals surface area contributed by atoms with Gasteiger partial charge in [0.05, 0.1) is 13.2 Å². The van der Waals surface area contributed by atoms with Gasteiger partial charge in [0.2, 0.25) is 0 Å². The molecule has 0 saturated carbocycles. The number of carbonyl (C=O) groups is 1. The fourth-order valence-electron chi connectivity index (χ4n) is 2.97. The molecule has 0 heterocycles. The quantitative estimate of drug-likeness (QED) is 0.847. The van der Waals surface area contributed by atoms with Crippen molar-refractivity contribution in [3.05, 3.63) is 29.3 Å². The van der Waals surface area contributed by atoms with Crippen LogP contribution in [-0.2, 0) is 22.4 Å². The number of nitrogens with two attached hydrogens (primary N) is 1. The highest BCUT2D eigenvalue weighted by Gasteiger charge is 2.32. The maximum atomic E-state index is 11.6. The highest BCUT2D eigenvalue weighted by Crippen LogP contribution is 2.26. The van der Waals surface area contributed by atoms with E-state index in [0.29, 0.717) is 6.42 Å². The van der Waals surface area contributed by atoms with Crippen molar-refractivity contribution in [2.75, 3.05) is 7.11 Å². The molecule has 4 heteroatoms. The lowest BCUT2D eigenvalue weighted by atomic mass is 9.91. The summed E-state index contributed by atoms with van der Waals surface area (Å²) >= 11 is 0. The highest BCUT2D eigenvalue weighted by atomic mass is 16.5. The first-order chi connectivity index (χ1) is 9.92. The van der Waals surface area contributed by atoms with E-state index in [1.807, 2.05) is 13.0 Å². The standard InChI is InChI=1S/C17H25NO3/c1-12(11-17(2,18)16(19)20-3)21-15-9-8-13-6-4-5-7-14(13)10-15/h8-10,12H,4-7,11,18H2,1-3H3. The number of esters is 1. The molecule has 0 fully saturated rings. The number of fused-ring (bicyclic) bond motifs is 1. The minimum atomic E-state index is -1.03. The minimum Gasteiger partial charge on any atom is -0.491 e. The van der Waals surface area contributed by atoms with Gasteiger partial charge in [-0.2, -0.15) is 0 Å². The molecule has 2 unspecified atom stereocenters. The van der Waals surface area contributed by atoms with Crippen LogP contribution in [0.25, 0.3) is 0 Å². The third-order valence-electron chi connectivity index (χ3n) is 4.02. The van der Waals surface area contributed by atoms with Crippen LogP contribution in [0.4, 0.5) is 0 Å². The zero-order valence-electron chi connectivity index (χ0n) is 13.1. The Labute approximate surface area is 126 Å². The predicted molar refractivity (Wildman–Crippen MR) is 82.4 cm³/mol. The smallest absolute Gasteiger partial charge is 0.325 e. The summed E-state index contributed by atoms with van der Waals surface area (Å²) in [6, 6.07) is 6.28. The van der Waals surface area contributed by atoms with E-state index in [0.717, 1.165) is 18.6 Å². The lowest BCUT2D eigenvalue weighted by Gasteiger charge is -2.26. The molecule has 0 spiro atoms. The summed E-state index contributed by atoms with van der Waals surface area (Å²) in [5.74, 6) is 0.437. The van der Waals surface area contributed by atoms with Crippen molar-refractivity contribution >= 4 is 5.97 Å². The van der Waals surface area contributed by atoms with Crippen molar-refractivity contribution in [2.45, 2.75) is 57.6 Å². The molecule has 1 aromatic carbocycles. The molecular weight excluding hydrogens is 266 g/mol. The molecule has 116 valence electrons. The zero-order valence-corrected chi connectivity index (χ0v) is 13.1.